The van der Waals surface area contributed by atoms with Crippen LogP contribution in [0.2, 0.25) is 0 Å². The molecule has 1 fully saturated rings. The van der Waals surface area contributed by atoms with Gasteiger partial charge < -0.3 is 11.1 Å². The van der Waals surface area contributed by atoms with Crippen LogP contribution in [0.25, 0.3) is 0 Å². The zero-order valence-electron chi connectivity index (χ0n) is 10.2. The van der Waals surface area contributed by atoms with E-state index in [1.807, 2.05) is 18.4 Å². The van der Waals surface area contributed by atoms with Gasteiger partial charge in [0.25, 0.3) is 0 Å². The standard InChI is InChI=1S/C13H20N2OS/c1-9(12-6-3-7-17-12)15-13(16)10-4-2-5-11(14)8-10/h3,6-7,9-11H,2,4-5,8,14H2,1H3,(H,15,16). The van der Waals surface area contributed by atoms with Gasteiger partial charge in [0.05, 0.1) is 6.04 Å². The van der Waals surface area contributed by atoms with Crippen LogP contribution in [0.4, 0.5) is 0 Å². The van der Waals surface area contributed by atoms with Crippen molar-refractivity contribution in [2.24, 2.45) is 11.7 Å². The fourth-order valence-electron chi connectivity index (χ4n) is 2.41. The summed E-state index contributed by atoms with van der Waals surface area (Å²) in [5.41, 5.74) is 5.91. The molecule has 3 atom stereocenters. The van der Waals surface area contributed by atoms with E-state index in [1.54, 1.807) is 11.3 Å². The molecule has 1 saturated carbocycles. The minimum Gasteiger partial charge on any atom is -0.349 e. The highest BCUT2D eigenvalue weighted by atomic mass is 32.1. The minimum atomic E-state index is 0.112. The van der Waals surface area contributed by atoms with Crippen LogP contribution >= 0.6 is 11.3 Å². The highest BCUT2D eigenvalue weighted by Gasteiger charge is 2.26. The second-order valence-corrected chi connectivity index (χ2v) is 5.85. The highest BCUT2D eigenvalue weighted by molar-refractivity contribution is 7.10. The number of nitrogens with two attached hydrogens (primary N) is 1. The first-order valence-electron chi connectivity index (χ1n) is 6.26. The highest BCUT2D eigenvalue weighted by Crippen LogP contribution is 2.25. The SMILES string of the molecule is CC(NC(=O)C1CCCC(N)C1)c1cccs1. The van der Waals surface area contributed by atoms with Gasteiger partial charge >= 0.3 is 0 Å². The molecule has 0 spiro atoms. The Morgan fingerprint density at radius 2 is 2.41 bits per heavy atom. The Bertz CT molecular complexity index is 364. The molecule has 4 heteroatoms. The number of nitrogens with one attached hydrogen (secondary N) is 1. The maximum absolute atomic E-state index is 12.1. The maximum atomic E-state index is 12.1. The average Bonchev–Trinajstić information content (AvgIpc) is 2.82. The van der Waals surface area contributed by atoms with Crippen molar-refractivity contribution < 1.29 is 4.79 Å². The molecule has 94 valence electrons. The summed E-state index contributed by atoms with van der Waals surface area (Å²) in [4.78, 5) is 13.3. The molecular weight excluding hydrogens is 232 g/mol. The van der Waals surface area contributed by atoms with Crippen molar-refractivity contribution in [2.45, 2.75) is 44.7 Å². The number of carbonyl (C=O) groups is 1. The van der Waals surface area contributed by atoms with E-state index in [0.29, 0.717) is 0 Å². The van der Waals surface area contributed by atoms with Crippen LogP contribution < -0.4 is 11.1 Å². The largest absolute Gasteiger partial charge is 0.349 e. The van der Waals surface area contributed by atoms with Crippen molar-refractivity contribution in [2.75, 3.05) is 0 Å². The number of rotatable bonds is 3. The first-order chi connectivity index (χ1) is 8.16. The summed E-state index contributed by atoms with van der Waals surface area (Å²) in [7, 11) is 0. The molecule has 1 aliphatic carbocycles. The normalized spacial score (nSPS) is 26.5. The number of carbonyl (C=O) groups excluding carboxylic acids is 1. The van der Waals surface area contributed by atoms with Gasteiger partial charge in [0, 0.05) is 16.8 Å². The monoisotopic (exact) mass is 252 g/mol. The van der Waals surface area contributed by atoms with Gasteiger partial charge in [-0.05, 0) is 37.6 Å². The predicted octanol–water partition coefficient (Wildman–Crippen LogP) is 2.44. The molecule has 1 aromatic heterocycles. The van der Waals surface area contributed by atoms with Crippen molar-refractivity contribution in [3.05, 3.63) is 22.4 Å². The molecule has 3 unspecified atom stereocenters. The lowest BCUT2D eigenvalue weighted by Gasteiger charge is -2.26. The Morgan fingerprint density at radius 3 is 3.06 bits per heavy atom. The molecular formula is C13H20N2OS. The molecule has 0 radical (unpaired) electrons. The third-order valence-corrected chi connectivity index (χ3v) is 4.47. The Hall–Kier alpha value is -0.870. The van der Waals surface area contributed by atoms with Crippen molar-refractivity contribution in [1.82, 2.24) is 5.32 Å². The third kappa shape index (κ3) is 3.30. The minimum absolute atomic E-state index is 0.112. The molecule has 1 heterocycles. The number of hydrogen-bond donors (Lipinski definition) is 2. The summed E-state index contributed by atoms with van der Waals surface area (Å²) in [6, 6.07) is 4.39. The van der Waals surface area contributed by atoms with Crippen LogP contribution in [0.5, 0.6) is 0 Å². The number of amides is 1. The second kappa shape index (κ2) is 5.65. The third-order valence-electron chi connectivity index (χ3n) is 3.41. The van der Waals surface area contributed by atoms with Gasteiger partial charge in [0.15, 0.2) is 0 Å². The van der Waals surface area contributed by atoms with E-state index in [9.17, 15) is 4.79 Å². The van der Waals surface area contributed by atoms with E-state index in [2.05, 4.69) is 11.4 Å². The van der Waals surface area contributed by atoms with Gasteiger partial charge in [0.1, 0.15) is 0 Å². The summed E-state index contributed by atoms with van der Waals surface area (Å²) in [6.45, 7) is 2.03. The fourth-order valence-corrected chi connectivity index (χ4v) is 3.14. The van der Waals surface area contributed by atoms with Gasteiger partial charge in [-0.3, -0.25) is 4.79 Å². The molecule has 0 aromatic carbocycles. The summed E-state index contributed by atoms with van der Waals surface area (Å²) in [5, 5.41) is 5.12. The Kier molecular flexibility index (Phi) is 4.18. The van der Waals surface area contributed by atoms with Gasteiger partial charge in [0.2, 0.25) is 5.91 Å². The van der Waals surface area contributed by atoms with E-state index >= 15 is 0 Å². The lowest BCUT2D eigenvalue weighted by atomic mass is 9.85. The van der Waals surface area contributed by atoms with Crippen LogP contribution in [0.1, 0.15) is 43.5 Å². The molecule has 0 bridgehead atoms. The molecule has 1 aromatic rings. The van der Waals surface area contributed by atoms with E-state index in [4.69, 9.17) is 5.73 Å². The molecule has 1 aliphatic rings. The summed E-state index contributed by atoms with van der Waals surface area (Å²) in [5.74, 6) is 0.280. The Labute approximate surface area is 106 Å². The van der Waals surface area contributed by atoms with Gasteiger partial charge in [-0.15, -0.1) is 11.3 Å². The lowest BCUT2D eigenvalue weighted by molar-refractivity contribution is -0.126. The first-order valence-corrected chi connectivity index (χ1v) is 7.14. The van der Waals surface area contributed by atoms with Crippen LogP contribution in [0.3, 0.4) is 0 Å². The topological polar surface area (TPSA) is 55.1 Å². The maximum Gasteiger partial charge on any atom is 0.223 e. The molecule has 2 rings (SSSR count). The summed E-state index contributed by atoms with van der Waals surface area (Å²) in [6.07, 6.45) is 3.95. The zero-order chi connectivity index (χ0) is 12.3. The average molecular weight is 252 g/mol. The smallest absolute Gasteiger partial charge is 0.223 e. The summed E-state index contributed by atoms with van der Waals surface area (Å²) >= 11 is 1.68. The second-order valence-electron chi connectivity index (χ2n) is 4.87. The molecule has 17 heavy (non-hydrogen) atoms. The molecule has 0 aliphatic heterocycles. The summed E-state index contributed by atoms with van der Waals surface area (Å²) < 4.78 is 0. The quantitative estimate of drug-likeness (QED) is 0.868. The first kappa shape index (κ1) is 12.6. The van der Waals surface area contributed by atoms with Crippen molar-refractivity contribution in [1.29, 1.82) is 0 Å². The van der Waals surface area contributed by atoms with Crippen LogP contribution in [-0.4, -0.2) is 11.9 Å². The van der Waals surface area contributed by atoms with Crippen LogP contribution in [0.15, 0.2) is 17.5 Å². The molecule has 1 amide bonds. The molecule has 3 N–H and O–H groups in total. The van der Waals surface area contributed by atoms with Gasteiger partial charge in [-0.1, -0.05) is 12.5 Å². The Balaban J connectivity index is 1.88. The molecule has 0 saturated heterocycles. The van der Waals surface area contributed by atoms with Crippen molar-refractivity contribution >= 4 is 17.2 Å². The van der Waals surface area contributed by atoms with Crippen molar-refractivity contribution in [3.63, 3.8) is 0 Å². The van der Waals surface area contributed by atoms with Crippen LogP contribution in [-0.2, 0) is 4.79 Å². The van der Waals surface area contributed by atoms with Gasteiger partial charge in [-0.2, -0.15) is 0 Å². The number of thiophene rings is 1. The fraction of sp³-hybridized carbons (Fsp3) is 0.615. The lowest BCUT2D eigenvalue weighted by Crippen LogP contribution is -2.38. The van der Waals surface area contributed by atoms with Crippen molar-refractivity contribution in [3.8, 4) is 0 Å². The van der Waals surface area contributed by atoms with Crippen LogP contribution in [0, 0.1) is 5.92 Å². The predicted molar refractivity (Wildman–Crippen MR) is 70.8 cm³/mol. The van der Waals surface area contributed by atoms with E-state index in [0.717, 1.165) is 25.7 Å². The van der Waals surface area contributed by atoms with Gasteiger partial charge in [-0.25, -0.2) is 0 Å². The van der Waals surface area contributed by atoms with E-state index < -0.39 is 0 Å². The molecule has 3 nitrogen and oxygen atoms in total. The Morgan fingerprint density at radius 1 is 1.59 bits per heavy atom. The van der Waals surface area contributed by atoms with E-state index in [-0.39, 0.29) is 23.9 Å². The number of hydrogen-bond acceptors (Lipinski definition) is 3. The zero-order valence-corrected chi connectivity index (χ0v) is 11.0. The van der Waals surface area contributed by atoms with E-state index in [1.165, 1.54) is 4.88 Å².